The molecule has 5 heteroatoms. The van der Waals surface area contributed by atoms with Crippen molar-refractivity contribution in [3.8, 4) is 5.75 Å². The minimum Gasteiger partial charge on any atom is -0.491 e. The number of benzene rings is 1. The van der Waals surface area contributed by atoms with Gasteiger partial charge in [-0.1, -0.05) is 50.7 Å². The van der Waals surface area contributed by atoms with E-state index in [-0.39, 0.29) is 18.9 Å². The fourth-order valence-electron chi connectivity index (χ4n) is 3.72. The number of carboxylic acids is 2. The van der Waals surface area contributed by atoms with Crippen LogP contribution in [-0.4, -0.2) is 28.3 Å². The predicted molar refractivity (Wildman–Crippen MR) is 120 cm³/mol. The Morgan fingerprint density at radius 1 is 0.767 bits per heavy atom. The van der Waals surface area contributed by atoms with Crippen molar-refractivity contribution in [1.82, 2.24) is 0 Å². The van der Waals surface area contributed by atoms with Crippen LogP contribution in [0.3, 0.4) is 0 Å². The Kier molecular flexibility index (Phi) is 13.7. The maximum atomic E-state index is 10.6. The van der Waals surface area contributed by atoms with Crippen molar-refractivity contribution in [1.29, 1.82) is 0 Å². The summed E-state index contributed by atoms with van der Waals surface area (Å²) in [6.45, 7) is 4.10. The van der Waals surface area contributed by atoms with Gasteiger partial charge in [-0.05, 0) is 69.6 Å². The van der Waals surface area contributed by atoms with Gasteiger partial charge in [0.05, 0.1) is 6.10 Å². The van der Waals surface area contributed by atoms with Gasteiger partial charge < -0.3 is 14.9 Å². The van der Waals surface area contributed by atoms with Crippen molar-refractivity contribution in [2.75, 3.05) is 0 Å². The molecule has 2 N–H and O–H groups in total. The standard InChI is InChI=1S/C25H40O5/c1-20(2)30-23-17-13-15-21(14-9-5-3-7-11-18-24(26)27)22(23)16-10-6-4-8-12-19-25(28)29/h13,15,17,20H,3-12,14,16,18-19H2,1-2H3,(H,26,27)(H,28,29). The smallest absolute Gasteiger partial charge is 0.303 e. The number of ether oxygens (including phenoxy) is 1. The Morgan fingerprint density at radius 3 is 1.80 bits per heavy atom. The second-order valence-electron chi connectivity index (χ2n) is 8.38. The zero-order valence-corrected chi connectivity index (χ0v) is 18.8. The molecule has 0 atom stereocenters. The van der Waals surface area contributed by atoms with Crippen LogP contribution < -0.4 is 4.74 Å². The van der Waals surface area contributed by atoms with Crippen LogP contribution in [0.5, 0.6) is 5.75 Å². The molecule has 0 spiro atoms. The second-order valence-corrected chi connectivity index (χ2v) is 8.38. The Morgan fingerprint density at radius 2 is 1.27 bits per heavy atom. The summed E-state index contributed by atoms with van der Waals surface area (Å²) in [6.07, 6.45) is 12.8. The minimum atomic E-state index is -0.707. The molecular formula is C25H40O5. The Balaban J connectivity index is 2.49. The van der Waals surface area contributed by atoms with Crippen LogP contribution in [0.15, 0.2) is 18.2 Å². The van der Waals surface area contributed by atoms with Gasteiger partial charge in [0.25, 0.3) is 0 Å². The number of carbonyl (C=O) groups is 2. The molecule has 0 unspecified atom stereocenters. The molecule has 0 amide bonds. The highest BCUT2D eigenvalue weighted by Crippen LogP contribution is 2.27. The zero-order chi connectivity index (χ0) is 22.2. The lowest BCUT2D eigenvalue weighted by atomic mass is 9.95. The van der Waals surface area contributed by atoms with E-state index < -0.39 is 11.9 Å². The SMILES string of the molecule is CC(C)Oc1cccc(CCCCCCCC(=O)O)c1CCCCCCCC(=O)O. The van der Waals surface area contributed by atoms with Crippen molar-refractivity contribution >= 4 is 11.9 Å². The van der Waals surface area contributed by atoms with E-state index in [1.165, 1.54) is 11.1 Å². The Labute approximate surface area is 181 Å². The summed E-state index contributed by atoms with van der Waals surface area (Å²) >= 11 is 0. The minimum absolute atomic E-state index is 0.143. The fourth-order valence-corrected chi connectivity index (χ4v) is 3.72. The average molecular weight is 421 g/mol. The van der Waals surface area contributed by atoms with Gasteiger partial charge in [-0.2, -0.15) is 0 Å². The molecule has 30 heavy (non-hydrogen) atoms. The maximum absolute atomic E-state index is 10.6. The summed E-state index contributed by atoms with van der Waals surface area (Å²) in [7, 11) is 0. The number of hydrogen-bond donors (Lipinski definition) is 2. The Bertz CT molecular complexity index is 624. The molecular weight excluding hydrogens is 380 g/mol. The first-order chi connectivity index (χ1) is 14.4. The quantitative estimate of drug-likeness (QED) is 0.268. The van der Waals surface area contributed by atoms with Crippen LogP contribution >= 0.6 is 0 Å². The van der Waals surface area contributed by atoms with Gasteiger partial charge >= 0.3 is 11.9 Å². The number of carboxylic acid groups (broad SMARTS) is 2. The summed E-state index contributed by atoms with van der Waals surface area (Å²) in [5.74, 6) is -0.417. The highest BCUT2D eigenvalue weighted by molar-refractivity contribution is 5.66. The number of hydrogen-bond acceptors (Lipinski definition) is 3. The second kappa shape index (κ2) is 15.8. The first-order valence-electron chi connectivity index (χ1n) is 11.6. The lowest BCUT2D eigenvalue weighted by molar-refractivity contribution is -0.138. The topological polar surface area (TPSA) is 83.8 Å². The van der Waals surface area contributed by atoms with E-state index in [1.807, 2.05) is 0 Å². The van der Waals surface area contributed by atoms with Crippen molar-refractivity contribution in [2.24, 2.45) is 0 Å². The van der Waals surface area contributed by atoms with Crippen molar-refractivity contribution in [3.63, 3.8) is 0 Å². The fraction of sp³-hybridized carbons (Fsp3) is 0.680. The molecule has 1 rings (SSSR count). The molecule has 0 aliphatic heterocycles. The molecule has 0 aliphatic rings. The molecule has 0 bridgehead atoms. The number of aryl methyl sites for hydroxylation is 1. The van der Waals surface area contributed by atoms with Crippen LogP contribution in [0, 0.1) is 0 Å². The van der Waals surface area contributed by atoms with Crippen molar-refractivity contribution in [3.05, 3.63) is 29.3 Å². The number of rotatable bonds is 18. The lowest BCUT2D eigenvalue weighted by Gasteiger charge is -2.18. The molecule has 1 aromatic carbocycles. The van der Waals surface area contributed by atoms with Crippen LogP contribution in [-0.2, 0) is 22.4 Å². The predicted octanol–water partition coefficient (Wildman–Crippen LogP) is 6.41. The van der Waals surface area contributed by atoms with E-state index in [0.717, 1.165) is 82.8 Å². The van der Waals surface area contributed by atoms with Crippen LogP contribution in [0.25, 0.3) is 0 Å². The van der Waals surface area contributed by atoms with Crippen LogP contribution in [0.2, 0.25) is 0 Å². The molecule has 1 aromatic rings. The van der Waals surface area contributed by atoms with Crippen molar-refractivity contribution in [2.45, 2.75) is 110 Å². The first-order valence-corrected chi connectivity index (χ1v) is 11.6. The highest BCUT2D eigenvalue weighted by Gasteiger charge is 2.11. The monoisotopic (exact) mass is 420 g/mol. The zero-order valence-electron chi connectivity index (χ0n) is 18.8. The third kappa shape index (κ3) is 12.5. The van der Waals surface area contributed by atoms with Gasteiger partial charge in [-0.15, -0.1) is 0 Å². The molecule has 0 saturated heterocycles. The van der Waals surface area contributed by atoms with Gasteiger partial charge in [0.1, 0.15) is 5.75 Å². The van der Waals surface area contributed by atoms with E-state index in [4.69, 9.17) is 14.9 Å². The molecule has 0 aromatic heterocycles. The maximum Gasteiger partial charge on any atom is 0.303 e. The largest absolute Gasteiger partial charge is 0.491 e. The summed E-state index contributed by atoms with van der Waals surface area (Å²) in [4.78, 5) is 21.2. The van der Waals surface area contributed by atoms with Gasteiger partial charge in [-0.3, -0.25) is 9.59 Å². The van der Waals surface area contributed by atoms with E-state index >= 15 is 0 Å². The average Bonchev–Trinajstić information content (AvgIpc) is 2.67. The van der Waals surface area contributed by atoms with Crippen LogP contribution in [0.1, 0.15) is 102 Å². The molecule has 0 heterocycles. The normalized spacial score (nSPS) is 11.0. The molecule has 0 saturated carbocycles. The molecule has 0 aliphatic carbocycles. The lowest BCUT2D eigenvalue weighted by Crippen LogP contribution is -2.09. The third-order valence-corrected chi connectivity index (χ3v) is 5.25. The molecule has 170 valence electrons. The van der Waals surface area contributed by atoms with E-state index in [0.29, 0.717) is 0 Å². The Hall–Kier alpha value is -2.04. The van der Waals surface area contributed by atoms with E-state index in [9.17, 15) is 9.59 Å². The molecule has 5 nitrogen and oxygen atoms in total. The highest BCUT2D eigenvalue weighted by atomic mass is 16.5. The van der Waals surface area contributed by atoms with Gasteiger partial charge in [0.2, 0.25) is 0 Å². The van der Waals surface area contributed by atoms with Crippen molar-refractivity contribution < 1.29 is 24.5 Å². The van der Waals surface area contributed by atoms with Gasteiger partial charge in [0, 0.05) is 12.8 Å². The summed E-state index contributed by atoms with van der Waals surface area (Å²) in [6, 6.07) is 6.35. The third-order valence-electron chi connectivity index (χ3n) is 5.25. The van der Waals surface area contributed by atoms with Gasteiger partial charge in [-0.25, -0.2) is 0 Å². The summed E-state index contributed by atoms with van der Waals surface area (Å²) in [5, 5.41) is 17.4. The number of aliphatic carboxylic acids is 2. The van der Waals surface area contributed by atoms with Crippen LogP contribution in [0.4, 0.5) is 0 Å². The first kappa shape index (κ1) is 26.0. The van der Waals surface area contributed by atoms with E-state index in [1.54, 1.807) is 0 Å². The number of unbranched alkanes of at least 4 members (excludes halogenated alkanes) is 8. The molecule has 0 radical (unpaired) electrons. The molecule has 0 fully saturated rings. The summed E-state index contributed by atoms with van der Waals surface area (Å²) in [5.41, 5.74) is 2.69. The van der Waals surface area contributed by atoms with E-state index in [2.05, 4.69) is 32.0 Å². The summed E-state index contributed by atoms with van der Waals surface area (Å²) < 4.78 is 6.07. The van der Waals surface area contributed by atoms with Gasteiger partial charge in [0.15, 0.2) is 0 Å².